The van der Waals surface area contributed by atoms with Crippen LogP contribution in [0.5, 0.6) is 0 Å². The normalized spacial score (nSPS) is 15.9. The molecule has 0 spiro atoms. The maximum absolute atomic E-state index is 11.6. The molecule has 1 fully saturated rings. The highest BCUT2D eigenvalue weighted by Crippen LogP contribution is 2.16. The average molecular weight is 453 g/mol. The van der Waals surface area contributed by atoms with Crippen molar-refractivity contribution in [1.82, 2.24) is 9.80 Å². The second-order valence-electron chi connectivity index (χ2n) is 8.12. The van der Waals surface area contributed by atoms with E-state index in [1.165, 1.54) is 11.1 Å². The number of carbonyl (C=O) groups excluding carboxylic acids is 1. The Bertz CT molecular complexity index is 912. The van der Waals surface area contributed by atoms with E-state index in [0.717, 1.165) is 61.8 Å². The Kier molecular flexibility index (Phi) is 9.54. The summed E-state index contributed by atoms with van der Waals surface area (Å²) in [6, 6.07) is 16.4. The summed E-state index contributed by atoms with van der Waals surface area (Å²) in [5.74, 6) is -0.284. The van der Waals surface area contributed by atoms with Gasteiger partial charge in [-0.05, 0) is 54.7 Å². The fraction of sp³-hybridized carbons (Fsp3) is 0.370. The van der Waals surface area contributed by atoms with Crippen LogP contribution in [0.4, 0.5) is 0 Å². The lowest BCUT2D eigenvalue weighted by molar-refractivity contribution is -0.137. The van der Waals surface area contributed by atoms with E-state index in [9.17, 15) is 4.79 Å². The maximum Gasteiger partial charge on any atom is 0.331 e. The van der Waals surface area contributed by atoms with Gasteiger partial charge in [0.1, 0.15) is 0 Å². The van der Waals surface area contributed by atoms with Crippen LogP contribution < -0.4 is 0 Å². The molecular formula is C27H33ClN2O2. The molecule has 1 aliphatic heterocycles. The first-order valence-electron chi connectivity index (χ1n) is 11.3. The van der Waals surface area contributed by atoms with Gasteiger partial charge < -0.3 is 9.64 Å². The summed E-state index contributed by atoms with van der Waals surface area (Å²) in [4.78, 5) is 16.7. The number of hydrogen-bond donors (Lipinski definition) is 0. The van der Waals surface area contributed by atoms with Crippen molar-refractivity contribution in [3.05, 3.63) is 82.4 Å². The zero-order chi connectivity index (χ0) is 22.8. The van der Waals surface area contributed by atoms with Gasteiger partial charge >= 0.3 is 5.97 Å². The van der Waals surface area contributed by atoms with E-state index < -0.39 is 0 Å². The van der Waals surface area contributed by atoms with Crippen molar-refractivity contribution in [1.29, 1.82) is 0 Å². The molecule has 0 aromatic heterocycles. The van der Waals surface area contributed by atoms with Gasteiger partial charge in [0, 0.05) is 50.4 Å². The summed E-state index contributed by atoms with van der Waals surface area (Å²) in [5.41, 5.74) is 4.50. The van der Waals surface area contributed by atoms with Crippen molar-refractivity contribution < 1.29 is 9.53 Å². The SMILES string of the molecule is CCOC(=O)C=C(C)c1ccc(CCN2CCN(CC=Cc3ccc(Cl)cc3)CC2)cc1. The predicted molar refractivity (Wildman–Crippen MR) is 134 cm³/mol. The van der Waals surface area contributed by atoms with Crippen LogP contribution in [-0.4, -0.2) is 61.6 Å². The molecule has 0 unspecified atom stereocenters. The molecule has 5 heteroatoms. The van der Waals surface area contributed by atoms with Gasteiger partial charge in [-0.3, -0.25) is 4.90 Å². The maximum atomic E-state index is 11.6. The smallest absolute Gasteiger partial charge is 0.331 e. The number of benzene rings is 2. The Morgan fingerprint density at radius 3 is 2.31 bits per heavy atom. The van der Waals surface area contributed by atoms with E-state index >= 15 is 0 Å². The van der Waals surface area contributed by atoms with Crippen LogP contribution in [-0.2, 0) is 16.0 Å². The molecule has 32 heavy (non-hydrogen) atoms. The third-order valence-electron chi connectivity index (χ3n) is 5.76. The highest BCUT2D eigenvalue weighted by atomic mass is 35.5. The number of allylic oxidation sites excluding steroid dienone is 1. The first kappa shape index (κ1) is 24.2. The molecule has 3 rings (SSSR count). The van der Waals surface area contributed by atoms with Crippen LogP contribution in [0, 0.1) is 0 Å². The van der Waals surface area contributed by atoms with Gasteiger partial charge in [0.25, 0.3) is 0 Å². The first-order chi connectivity index (χ1) is 15.5. The van der Waals surface area contributed by atoms with E-state index in [2.05, 4.69) is 46.2 Å². The largest absolute Gasteiger partial charge is 0.463 e. The van der Waals surface area contributed by atoms with Gasteiger partial charge in [0.2, 0.25) is 0 Å². The van der Waals surface area contributed by atoms with E-state index in [0.29, 0.717) is 6.61 Å². The molecule has 0 amide bonds. The second-order valence-corrected chi connectivity index (χ2v) is 8.56. The van der Waals surface area contributed by atoms with Crippen LogP contribution in [0.3, 0.4) is 0 Å². The van der Waals surface area contributed by atoms with Gasteiger partial charge in [-0.25, -0.2) is 4.79 Å². The molecule has 2 aromatic rings. The molecule has 1 saturated heterocycles. The number of piperazine rings is 1. The fourth-order valence-corrected chi connectivity index (χ4v) is 3.90. The molecular weight excluding hydrogens is 420 g/mol. The number of ether oxygens (including phenoxy) is 1. The summed E-state index contributed by atoms with van der Waals surface area (Å²) in [7, 11) is 0. The van der Waals surface area contributed by atoms with Gasteiger partial charge in [-0.15, -0.1) is 0 Å². The third kappa shape index (κ3) is 7.94. The van der Waals surface area contributed by atoms with Crippen LogP contribution >= 0.6 is 11.6 Å². The standard InChI is InChI=1S/C27H33ClN2O2/c1-3-32-27(31)21-22(2)25-10-6-24(7-11-25)14-16-30-19-17-29(18-20-30)15-4-5-23-8-12-26(28)13-9-23/h4-13,21H,3,14-20H2,1-2H3. The predicted octanol–water partition coefficient (Wildman–Crippen LogP) is 5.18. The zero-order valence-electron chi connectivity index (χ0n) is 19.1. The minimum absolute atomic E-state index is 0.284. The lowest BCUT2D eigenvalue weighted by Gasteiger charge is -2.34. The lowest BCUT2D eigenvalue weighted by Crippen LogP contribution is -2.46. The van der Waals surface area contributed by atoms with Crippen molar-refractivity contribution in [2.75, 3.05) is 45.9 Å². The molecule has 0 N–H and O–H groups in total. The quantitative estimate of drug-likeness (QED) is 0.387. The van der Waals surface area contributed by atoms with Gasteiger partial charge in [-0.1, -0.05) is 60.2 Å². The minimum Gasteiger partial charge on any atom is -0.463 e. The molecule has 0 radical (unpaired) electrons. The van der Waals surface area contributed by atoms with Gasteiger partial charge in [0.15, 0.2) is 0 Å². The number of carbonyl (C=O) groups is 1. The van der Waals surface area contributed by atoms with Gasteiger partial charge in [0.05, 0.1) is 6.61 Å². The molecule has 1 heterocycles. The molecule has 4 nitrogen and oxygen atoms in total. The first-order valence-corrected chi connectivity index (χ1v) is 11.7. The Morgan fingerprint density at radius 2 is 1.66 bits per heavy atom. The van der Waals surface area contributed by atoms with Crippen LogP contribution in [0.15, 0.2) is 60.7 Å². The van der Waals surface area contributed by atoms with Crippen LogP contribution in [0.1, 0.15) is 30.5 Å². The summed E-state index contributed by atoms with van der Waals surface area (Å²) in [6.45, 7) is 10.6. The van der Waals surface area contributed by atoms with Crippen molar-refractivity contribution in [3.63, 3.8) is 0 Å². The number of hydrogen-bond acceptors (Lipinski definition) is 4. The van der Waals surface area contributed by atoms with Crippen molar-refractivity contribution >= 4 is 29.2 Å². The number of rotatable bonds is 9. The highest BCUT2D eigenvalue weighted by Gasteiger charge is 2.15. The lowest BCUT2D eigenvalue weighted by atomic mass is 10.0. The van der Waals surface area contributed by atoms with E-state index in [4.69, 9.17) is 16.3 Å². The minimum atomic E-state index is -0.284. The van der Waals surface area contributed by atoms with Crippen molar-refractivity contribution in [2.24, 2.45) is 0 Å². The Morgan fingerprint density at radius 1 is 1.00 bits per heavy atom. The topological polar surface area (TPSA) is 32.8 Å². The zero-order valence-corrected chi connectivity index (χ0v) is 19.9. The number of esters is 1. The Balaban J connectivity index is 1.38. The monoisotopic (exact) mass is 452 g/mol. The van der Waals surface area contributed by atoms with Gasteiger partial charge in [-0.2, -0.15) is 0 Å². The number of halogens is 1. The summed E-state index contributed by atoms with van der Waals surface area (Å²) < 4.78 is 4.98. The summed E-state index contributed by atoms with van der Waals surface area (Å²) >= 11 is 5.94. The van der Waals surface area contributed by atoms with Crippen LogP contribution in [0.2, 0.25) is 5.02 Å². The molecule has 0 aliphatic carbocycles. The van der Waals surface area contributed by atoms with Crippen molar-refractivity contribution in [3.8, 4) is 0 Å². The molecule has 0 saturated carbocycles. The average Bonchev–Trinajstić information content (AvgIpc) is 2.80. The molecule has 1 aliphatic rings. The van der Waals surface area contributed by atoms with E-state index in [-0.39, 0.29) is 5.97 Å². The van der Waals surface area contributed by atoms with Crippen LogP contribution in [0.25, 0.3) is 11.6 Å². The molecule has 170 valence electrons. The van der Waals surface area contributed by atoms with Crippen molar-refractivity contribution in [2.45, 2.75) is 20.3 Å². The third-order valence-corrected chi connectivity index (χ3v) is 6.01. The Hall–Kier alpha value is -2.40. The number of nitrogens with zero attached hydrogens (tertiary/aromatic N) is 2. The second kappa shape index (κ2) is 12.6. The highest BCUT2D eigenvalue weighted by molar-refractivity contribution is 6.30. The summed E-state index contributed by atoms with van der Waals surface area (Å²) in [5, 5.41) is 0.773. The molecule has 0 bridgehead atoms. The summed E-state index contributed by atoms with van der Waals surface area (Å²) in [6.07, 6.45) is 6.99. The Labute approximate surface area is 197 Å². The van der Waals surface area contributed by atoms with E-state index in [1.54, 1.807) is 6.08 Å². The fourth-order valence-electron chi connectivity index (χ4n) is 3.77. The molecule has 2 aromatic carbocycles. The molecule has 0 atom stereocenters. The van der Waals surface area contributed by atoms with E-state index in [1.807, 2.05) is 38.1 Å².